The zero-order valence-corrected chi connectivity index (χ0v) is 15.5. The number of nitrogens with two attached hydrogens (primary N) is 2. The SMILES string of the molecule is COc1ccc(CNc2nc3cc(N)cc(N)c3nc2-c2ccccc2)cc1. The fourth-order valence-corrected chi connectivity index (χ4v) is 3.06. The van der Waals surface area contributed by atoms with Crippen molar-refractivity contribution in [3.63, 3.8) is 0 Å². The van der Waals surface area contributed by atoms with Crippen LogP contribution in [0.25, 0.3) is 22.3 Å². The van der Waals surface area contributed by atoms with E-state index in [0.717, 1.165) is 22.6 Å². The molecule has 0 saturated carbocycles. The molecule has 140 valence electrons. The van der Waals surface area contributed by atoms with Gasteiger partial charge in [0.1, 0.15) is 17.0 Å². The Morgan fingerprint density at radius 1 is 0.929 bits per heavy atom. The minimum Gasteiger partial charge on any atom is -0.497 e. The van der Waals surface area contributed by atoms with E-state index in [1.54, 1.807) is 19.2 Å². The first-order valence-electron chi connectivity index (χ1n) is 8.93. The number of nitrogens with one attached hydrogen (secondary N) is 1. The van der Waals surface area contributed by atoms with Crippen molar-refractivity contribution < 1.29 is 4.74 Å². The molecule has 0 fully saturated rings. The van der Waals surface area contributed by atoms with Gasteiger partial charge in [-0.1, -0.05) is 42.5 Å². The molecule has 6 nitrogen and oxygen atoms in total. The van der Waals surface area contributed by atoms with Crippen molar-refractivity contribution >= 4 is 28.2 Å². The van der Waals surface area contributed by atoms with E-state index in [0.29, 0.717) is 34.8 Å². The number of hydrogen-bond acceptors (Lipinski definition) is 6. The third kappa shape index (κ3) is 3.53. The Morgan fingerprint density at radius 3 is 2.39 bits per heavy atom. The Bertz CT molecular complexity index is 1110. The molecule has 0 aliphatic rings. The lowest BCUT2D eigenvalue weighted by atomic mass is 10.1. The molecule has 0 amide bonds. The number of anilines is 3. The van der Waals surface area contributed by atoms with Crippen molar-refractivity contribution in [3.8, 4) is 17.0 Å². The van der Waals surface area contributed by atoms with Crippen LogP contribution in [-0.4, -0.2) is 17.1 Å². The third-order valence-corrected chi connectivity index (χ3v) is 4.49. The highest BCUT2D eigenvalue weighted by molar-refractivity contribution is 5.93. The van der Waals surface area contributed by atoms with Crippen LogP contribution >= 0.6 is 0 Å². The highest BCUT2D eigenvalue weighted by atomic mass is 16.5. The molecule has 0 aliphatic carbocycles. The van der Waals surface area contributed by atoms with E-state index in [4.69, 9.17) is 26.2 Å². The quantitative estimate of drug-likeness (QED) is 0.457. The molecule has 6 heteroatoms. The summed E-state index contributed by atoms with van der Waals surface area (Å²) in [6, 6.07) is 21.3. The van der Waals surface area contributed by atoms with Crippen LogP contribution in [0.2, 0.25) is 0 Å². The highest BCUT2D eigenvalue weighted by Crippen LogP contribution is 2.30. The van der Waals surface area contributed by atoms with Crippen LogP contribution < -0.4 is 21.5 Å². The second kappa shape index (κ2) is 7.44. The van der Waals surface area contributed by atoms with Gasteiger partial charge in [-0.3, -0.25) is 0 Å². The Hall–Kier alpha value is -3.80. The lowest BCUT2D eigenvalue weighted by Gasteiger charge is -2.13. The lowest BCUT2D eigenvalue weighted by Crippen LogP contribution is -2.06. The summed E-state index contributed by atoms with van der Waals surface area (Å²) in [4.78, 5) is 9.56. The van der Waals surface area contributed by atoms with E-state index in [2.05, 4.69) is 5.32 Å². The van der Waals surface area contributed by atoms with Crippen molar-refractivity contribution in [2.75, 3.05) is 23.9 Å². The maximum absolute atomic E-state index is 6.13. The van der Waals surface area contributed by atoms with Crippen molar-refractivity contribution in [2.24, 2.45) is 0 Å². The standard InChI is InChI=1S/C22H21N5O/c1-28-17-9-7-14(8-10-17)13-25-22-20(15-5-3-2-4-6-15)27-21-18(24)11-16(23)12-19(21)26-22/h2-12H,13,23-24H2,1H3,(H,25,26). The first-order chi connectivity index (χ1) is 13.6. The maximum atomic E-state index is 6.13. The van der Waals surface area contributed by atoms with Gasteiger partial charge in [0.15, 0.2) is 5.82 Å². The lowest BCUT2D eigenvalue weighted by molar-refractivity contribution is 0.414. The zero-order chi connectivity index (χ0) is 19.5. The van der Waals surface area contributed by atoms with Gasteiger partial charge in [-0.2, -0.15) is 0 Å². The molecule has 1 aromatic heterocycles. The Kier molecular flexibility index (Phi) is 4.68. The first-order valence-corrected chi connectivity index (χ1v) is 8.93. The van der Waals surface area contributed by atoms with E-state index in [9.17, 15) is 0 Å². The molecule has 0 radical (unpaired) electrons. The minimum atomic E-state index is 0.515. The summed E-state index contributed by atoms with van der Waals surface area (Å²) in [5, 5.41) is 3.40. The summed E-state index contributed by atoms with van der Waals surface area (Å²) in [6.45, 7) is 0.599. The number of benzene rings is 3. The van der Waals surface area contributed by atoms with Gasteiger partial charge < -0.3 is 21.5 Å². The van der Waals surface area contributed by atoms with E-state index < -0.39 is 0 Å². The van der Waals surface area contributed by atoms with E-state index in [1.165, 1.54) is 0 Å². The summed E-state index contributed by atoms with van der Waals surface area (Å²) < 4.78 is 5.21. The van der Waals surface area contributed by atoms with Crippen LogP contribution in [-0.2, 0) is 6.54 Å². The topological polar surface area (TPSA) is 99.1 Å². The summed E-state index contributed by atoms with van der Waals surface area (Å²) in [7, 11) is 1.65. The molecule has 0 saturated heterocycles. The van der Waals surface area contributed by atoms with Gasteiger partial charge in [0.05, 0.1) is 18.3 Å². The highest BCUT2D eigenvalue weighted by Gasteiger charge is 2.13. The average molecular weight is 371 g/mol. The summed E-state index contributed by atoms with van der Waals surface area (Å²) >= 11 is 0. The van der Waals surface area contributed by atoms with E-state index in [-0.39, 0.29) is 0 Å². The van der Waals surface area contributed by atoms with Crippen LogP contribution in [0.5, 0.6) is 5.75 Å². The van der Waals surface area contributed by atoms with Gasteiger partial charge in [0, 0.05) is 17.8 Å². The van der Waals surface area contributed by atoms with Gasteiger partial charge in [0.25, 0.3) is 0 Å². The molecule has 4 aromatic rings. The molecule has 28 heavy (non-hydrogen) atoms. The first kappa shape index (κ1) is 17.6. The molecule has 0 atom stereocenters. The summed E-state index contributed by atoms with van der Waals surface area (Å²) in [5.41, 5.74) is 17.3. The summed E-state index contributed by atoms with van der Waals surface area (Å²) in [6.07, 6.45) is 0. The minimum absolute atomic E-state index is 0.515. The molecule has 0 unspecified atom stereocenters. The molecule has 3 aromatic carbocycles. The average Bonchev–Trinajstić information content (AvgIpc) is 2.72. The van der Waals surface area contributed by atoms with Crippen LogP contribution in [0.4, 0.5) is 17.2 Å². The molecular weight excluding hydrogens is 350 g/mol. The number of hydrogen-bond donors (Lipinski definition) is 3. The zero-order valence-electron chi connectivity index (χ0n) is 15.5. The van der Waals surface area contributed by atoms with Gasteiger partial charge in [-0.05, 0) is 29.8 Å². The van der Waals surface area contributed by atoms with Crippen LogP contribution in [0, 0.1) is 0 Å². The van der Waals surface area contributed by atoms with Crippen LogP contribution in [0.1, 0.15) is 5.56 Å². The monoisotopic (exact) mass is 371 g/mol. The van der Waals surface area contributed by atoms with Crippen LogP contribution in [0.3, 0.4) is 0 Å². The van der Waals surface area contributed by atoms with Gasteiger partial charge in [-0.25, -0.2) is 9.97 Å². The Morgan fingerprint density at radius 2 is 1.68 bits per heavy atom. The Labute approximate surface area is 163 Å². The third-order valence-electron chi connectivity index (χ3n) is 4.49. The van der Waals surface area contributed by atoms with E-state index in [1.807, 2.05) is 54.6 Å². The van der Waals surface area contributed by atoms with Crippen molar-refractivity contribution in [1.82, 2.24) is 9.97 Å². The smallest absolute Gasteiger partial charge is 0.153 e. The number of aromatic nitrogens is 2. The number of rotatable bonds is 5. The molecule has 5 N–H and O–H groups in total. The van der Waals surface area contributed by atoms with E-state index >= 15 is 0 Å². The summed E-state index contributed by atoms with van der Waals surface area (Å²) in [5.74, 6) is 1.50. The predicted molar refractivity (Wildman–Crippen MR) is 114 cm³/mol. The number of nitrogens with zero attached hydrogens (tertiary/aromatic N) is 2. The largest absolute Gasteiger partial charge is 0.497 e. The number of fused-ring (bicyclic) bond motifs is 1. The number of ether oxygens (including phenoxy) is 1. The molecular formula is C22H21N5O. The molecule has 0 spiro atoms. The number of methoxy groups -OCH3 is 1. The van der Waals surface area contributed by atoms with Gasteiger partial charge in [-0.15, -0.1) is 0 Å². The fraction of sp³-hybridized carbons (Fsp3) is 0.0909. The molecule has 1 heterocycles. The molecule has 4 rings (SSSR count). The number of nitrogen functional groups attached to an aromatic ring is 2. The predicted octanol–water partition coefficient (Wildman–Crippen LogP) is 4.08. The second-order valence-corrected chi connectivity index (χ2v) is 6.47. The normalized spacial score (nSPS) is 10.8. The molecule has 0 aliphatic heterocycles. The Balaban J connectivity index is 1.75. The maximum Gasteiger partial charge on any atom is 0.153 e. The molecule has 0 bridgehead atoms. The van der Waals surface area contributed by atoms with Crippen molar-refractivity contribution in [3.05, 3.63) is 72.3 Å². The van der Waals surface area contributed by atoms with Crippen LogP contribution in [0.15, 0.2) is 66.7 Å². The van der Waals surface area contributed by atoms with Crippen molar-refractivity contribution in [2.45, 2.75) is 6.54 Å². The van der Waals surface area contributed by atoms with Gasteiger partial charge in [0.2, 0.25) is 0 Å². The second-order valence-electron chi connectivity index (χ2n) is 6.47. The van der Waals surface area contributed by atoms with Crippen molar-refractivity contribution in [1.29, 1.82) is 0 Å². The van der Waals surface area contributed by atoms with Gasteiger partial charge >= 0.3 is 0 Å². The fourth-order valence-electron chi connectivity index (χ4n) is 3.06.